The topological polar surface area (TPSA) is 50.4 Å². The van der Waals surface area contributed by atoms with Crippen LogP contribution in [-0.2, 0) is 10.2 Å². The number of halogens is 1. The second-order valence-electron chi connectivity index (χ2n) is 7.61. The van der Waals surface area contributed by atoms with Crippen LogP contribution in [0.15, 0.2) is 42.5 Å². The van der Waals surface area contributed by atoms with Crippen LogP contribution in [-0.4, -0.2) is 17.7 Å². The Morgan fingerprint density at radius 1 is 1.18 bits per heavy atom. The minimum atomic E-state index is -0.438. The average Bonchev–Trinajstić information content (AvgIpc) is 2.61. The number of nitrogens with one attached hydrogen (secondary N) is 2. The molecule has 0 aromatic heterocycles. The van der Waals surface area contributed by atoms with E-state index < -0.39 is 5.97 Å². The molecule has 0 spiro atoms. The molecular weight excluding hydrogens is 392 g/mol. The second-order valence-corrected chi connectivity index (χ2v) is 8.42. The number of ether oxygens (including phenoxy) is 1. The minimum Gasteiger partial charge on any atom is -0.462 e. The van der Waals surface area contributed by atoms with Crippen molar-refractivity contribution < 1.29 is 9.53 Å². The van der Waals surface area contributed by atoms with Crippen LogP contribution in [0.1, 0.15) is 62.1 Å². The average molecular weight is 419 g/mol. The van der Waals surface area contributed by atoms with Crippen LogP contribution in [0.3, 0.4) is 0 Å². The largest absolute Gasteiger partial charge is 0.462 e. The van der Waals surface area contributed by atoms with E-state index in [1.54, 1.807) is 25.1 Å². The maximum Gasteiger partial charge on any atom is 0.339 e. The summed E-state index contributed by atoms with van der Waals surface area (Å²) in [5, 5.41) is 7.16. The van der Waals surface area contributed by atoms with Crippen LogP contribution in [0.25, 0.3) is 0 Å². The molecule has 1 atom stereocenters. The van der Waals surface area contributed by atoms with E-state index in [4.69, 9.17) is 28.6 Å². The molecule has 2 aromatic carbocycles. The lowest BCUT2D eigenvalue weighted by Crippen LogP contribution is -2.31. The van der Waals surface area contributed by atoms with Crippen molar-refractivity contribution in [3.05, 3.63) is 64.2 Å². The van der Waals surface area contributed by atoms with Gasteiger partial charge in [-0.1, -0.05) is 56.6 Å². The van der Waals surface area contributed by atoms with Crippen LogP contribution >= 0.6 is 23.8 Å². The molecule has 0 unspecified atom stereocenters. The highest BCUT2D eigenvalue weighted by Gasteiger charge is 2.15. The summed E-state index contributed by atoms with van der Waals surface area (Å²) in [6.45, 7) is 10.7. The molecule has 0 saturated heterocycles. The lowest BCUT2D eigenvalue weighted by molar-refractivity contribution is 0.0526. The Bertz CT molecular complexity index is 845. The summed E-state index contributed by atoms with van der Waals surface area (Å²) in [5.41, 5.74) is 3.60. The molecule has 0 saturated carbocycles. The van der Waals surface area contributed by atoms with Crippen molar-refractivity contribution in [2.75, 3.05) is 11.9 Å². The maximum atomic E-state index is 11.8. The summed E-state index contributed by atoms with van der Waals surface area (Å²) < 4.78 is 4.98. The van der Waals surface area contributed by atoms with E-state index in [-0.39, 0.29) is 11.5 Å². The SMILES string of the molecule is CCOC(=O)c1ccc(NC(=S)N[C@H](C)c2ccc(C(C)(C)C)cc2)cc1Cl. The molecule has 0 fully saturated rings. The fourth-order valence-electron chi connectivity index (χ4n) is 2.69. The van der Waals surface area contributed by atoms with E-state index in [0.29, 0.717) is 28.0 Å². The summed E-state index contributed by atoms with van der Waals surface area (Å²) in [5.74, 6) is -0.438. The standard InChI is InChI=1S/C22H27ClN2O2S/c1-6-27-20(26)18-12-11-17(13-19(18)23)25-21(28)24-14(2)15-7-9-16(10-8-15)22(3,4)5/h7-14H,6H2,1-5H3,(H2,24,25,28)/t14-/m1/s1. The van der Waals surface area contributed by atoms with Crippen LogP contribution in [0, 0.1) is 0 Å². The summed E-state index contributed by atoms with van der Waals surface area (Å²) in [7, 11) is 0. The van der Waals surface area contributed by atoms with Crippen molar-refractivity contribution in [3.8, 4) is 0 Å². The number of carbonyl (C=O) groups excluding carboxylic acids is 1. The Morgan fingerprint density at radius 3 is 2.36 bits per heavy atom. The molecule has 0 heterocycles. The van der Waals surface area contributed by atoms with Crippen molar-refractivity contribution >= 4 is 40.6 Å². The second kappa shape index (κ2) is 9.39. The Balaban J connectivity index is 1.99. The summed E-state index contributed by atoms with van der Waals surface area (Å²) in [4.78, 5) is 11.8. The third-order valence-electron chi connectivity index (χ3n) is 4.35. The van der Waals surface area contributed by atoms with E-state index >= 15 is 0 Å². The quantitative estimate of drug-likeness (QED) is 0.470. The third-order valence-corrected chi connectivity index (χ3v) is 4.88. The first-order valence-electron chi connectivity index (χ1n) is 9.26. The zero-order valence-electron chi connectivity index (χ0n) is 16.9. The fourth-order valence-corrected chi connectivity index (χ4v) is 3.24. The Labute approximate surface area is 177 Å². The molecule has 2 rings (SSSR count). The van der Waals surface area contributed by atoms with Gasteiger partial charge in [-0.15, -0.1) is 0 Å². The first kappa shape index (κ1) is 22.2. The number of carbonyl (C=O) groups is 1. The van der Waals surface area contributed by atoms with E-state index in [0.717, 1.165) is 5.56 Å². The first-order chi connectivity index (χ1) is 13.1. The molecule has 2 aromatic rings. The molecule has 150 valence electrons. The number of hydrogen-bond acceptors (Lipinski definition) is 3. The molecule has 28 heavy (non-hydrogen) atoms. The lowest BCUT2D eigenvalue weighted by atomic mass is 9.86. The molecule has 0 radical (unpaired) electrons. The number of esters is 1. The van der Waals surface area contributed by atoms with Crippen molar-refractivity contribution in [1.82, 2.24) is 5.32 Å². The van der Waals surface area contributed by atoms with Gasteiger partial charge in [0, 0.05) is 5.69 Å². The predicted molar refractivity (Wildman–Crippen MR) is 120 cm³/mol. The number of thiocarbonyl (C=S) groups is 1. The molecular formula is C22H27ClN2O2S. The van der Waals surface area contributed by atoms with Gasteiger partial charge >= 0.3 is 5.97 Å². The predicted octanol–water partition coefficient (Wildman–Crippen LogP) is 5.86. The van der Waals surface area contributed by atoms with Gasteiger partial charge in [-0.3, -0.25) is 0 Å². The summed E-state index contributed by atoms with van der Waals surface area (Å²) >= 11 is 11.6. The Kier molecular flexibility index (Phi) is 7.44. The van der Waals surface area contributed by atoms with Crippen molar-refractivity contribution in [2.24, 2.45) is 0 Å². The van der Waals surface area contributed by atoms with Gasteiger partial charge < -0.3 is 15.4 Å². The Hall–Kier alpha value is -2.11. The summed E-state index contributed by atoms with van der Waals surface area (Å²) in [6, 6.07) is 13.6. The van der Waals surface area contributed by atoms with Crippen molar-refractivity contribution in [3.63, 3.8) is 0 Å². The zero-order chi connectivity index (χ0) is 20.9. The highest BCUT2D eigenvalue weighted by atomic mass is 35.5. The van der Waals surface area contributed by atoms with Gasteiger partial charge in [0.2, 0.25) is 0 Å². The Morgan fingerprint density at radius 2 is 1.82 bits per heavy atom. The van der Waals surface area contributed by atoms with Crippen molar-refractivity contribution in [2.45, 2.75) is 46.1 Å². The van der Waals surface area contributed by atoms with Crippen LogP contribution in [0.2, 0.25) is 5.02 Å². The number of hydrogen-bond donors (Lipinski definition) is 2. The lowest BCUT2D eigenvalue weighted by Gasteiger charge is -2.21. The van der Waals surface area contributed by atoms with Gasteiger partial charge in [-0.2, -0.15) is 0 Å². The monoisotopic (exact) mass is 418 g/mol. The smallest absolute Gasteiger partial charge is 0.339 e. The van der Waals surface area contributed by atoms with E-state index in [1.807, 2.05) is 0 Å². The van der Waals surface area contributed by atoms with E-state index in [2.05, 4.69) is 62.6 Å². The van der Waals surface area contributed by atoms with Crippen LogP contribution in [0.4, 0.5) is 5.69 Å². The van der Waals surface area contributed by atoms with Gasteiger partial charge in [0.15, 0.2) is 5.11 Å². The number of benzene rings is 2. The number of anilines is 1. The normalized spacial score (nSPS) is 12.2. The van der Waals surface area contributed by atoms with Gasteiger partial charge in [-0.25, -0.2) is 4.79 Å². The molecule has 0 aliphatic rings. The minimum absolute atomic E-state index is 0.0447. The first-order valence-corrected chi connectivity index (χ1v) is 10.0. The molecule has 4 nitrogen and oxygen atoms in total. The van der Waals surface area contributed by atoms with Gasteiger partial charge in [-0.05, 0) is 60.8 Å². The van der Waals surface area contributed by atoms with Crippen LogP contribution in [0.5, 0.6) is 0 Å². The number of rotatable bonds is 5. The van der Waals surface area contributed by atoms with E-state index in [1.165, 1.54) is 5.56 Å². The van der Waals surface area contributed by atoms with E-state index in [9.17, 15) is 4.79 Å². The van der Waals surface area contributed by atoms with Crippen molar-refractivity contribution in [1.29, 1.82) is 0 Å². The van der Waals surface area contributed by atoms with Gasteiger partial charge in [0.05, 0.1) is 23.2 Å². The fraction of sp³-hybridized carbons (Fsp3) is 0.364. The molecule has 0 amide bonds. The maximum absolute atomic E-state index is 11.8. The summed E-state index contributed by atoms with van der Waals surface area (Å²) in [6.07, 6.45) is 0. The zero-order valence-corrected chi connectivity index (χ0v) is 18.5. The van der Waals surface area contributed by atoms with Gasteiger partial charge in [0.1, 0.15) is 0 Å². The molecule has 0 bridgehead atoms. The van der Waals surface area contributed by atoms with Gasteiger partial charge in [0.25, 0.3) is 0 Å². The molecule has 0 aliphatic carbocycles. The molecule has 2 N–H and O–H groups in total. The highest BCUT2D eigenvalue weighted by Crippen LogP contribution is 2.24. The third kappa shape index (κ3) is 5.94. The molecule has 0 aliphatic heterocycles. The van der Waals surface area contributed by atoms with Crippen LogP contribution < -0.4 is 10.6 Å². The molecule has 6 heteroatoms. The highest BCUT2D eigenvalue weighted by molar-refractivity contribution is 7.80.